The highest BCUT2D eigenvalue weighted by molar-refractivity contribution is 5.90. The Morgan fingerprint density at radius 3 is 2.14 bits per heavy atom. The van der Waals surface area contributed by atoms with Crippen LogP contribution in [0.4, 0.5) is 32.8 Å². The maximum Gasteiger partial charge on any atom is 0.341 e. The molecule has 0 atom stereocenters. The summed E-state index contributed by atoms with van der Waals surface area (Å²) in [5.74, 6) is -1.36. The molecule has 0 fully saturated rings. The summed E-state index contributed by atoms with van der Waals surface area (Å²) in [7, 11) is 3.97. The summed E-state index contributed by atoms with van der Waals surface area (Å²) in [6.07, 6.45) is 2.35. The van der Waals surface area contributed by atoms with Gasteiger partial charge in [0.2, 0.25) is 0 Å². The summed E-state index contributed by atoms with van der Waals surface area (Å²) < 4.78 is 19.5. The van der Waals surface area contributed by atoms with Crippen LogP contribution in [0.15, 0.2) is 81.1 Å². The largest absolute Gasteiger partial charge is 0.462 e. The molecule has 3 aromatic rings. The minimum absolute atomic E-state index is 0.111. The lowest BCUT2D eigenvalue weighted by atomic mass is 10.1. The second-order valence-electron chi connectivity index (χ2n) is 8.13. The summed E-state index contributed by atoms with van der Waals surface area (Å²) in [4.78, 5) is 14.0. The highest BCUT2D eigenvalue weighted by Crippen LogP contribution is 2.29. The maximum absolute atomic E-state index is 14.4. The zero-order valence-corrected chi connectivity index (χ0v) is 20.5. The van der Waals surface area contributed by atoms with Crippen LogP contribution in [0.3, 0.4) is 0 Å². The third kappa shape index (κ3) is 7.27. The van der Waals surface area contributed by atoms with Crippen molar-refractivity contribution in [2.24, 2.45) is 20.5 Å². The van der Waals surface area contributed by atoms with E-state index in [-0.39, 0.29) is 12.2 Å². The highest BCUT2D eigenvalue weighted by atomic mass is 19.1. The van der Waals surface area contributed by atoms with E-state index in [2.05, 4.69) is 20.5 Å². The zero-order chi connectivity index (χ0) is 25.2. The number of halogens is 1. The maximum atomic E-state index is 14.4. The molecule has 0 aliphatic heterocycles. The molecule has 0 aliphatic carbocycles. The van der Waals surface area contributed by atoms with Gasteiger partial charge in [0.05, 0.1) is 34.9 Å². The summed E-state index contributed by atoms with van der Waals surface area (Å²) in [5.41, 5.74) is 4.34. The van der Waals surface area contributed by atoms with E-state index >= 15 is 0 Å². The van der Waals surface area contributed by atoms with Crippen molar-refractivity contribution in [2.75, 3.05) is 25.6 Å². The van der Waals surface area contributed by atoms with Gasteiger partial charge in [0, 0.05) is 25.8 Å². The Balaban J connectivity index is 1.70. The summed E-state index contributed by atoms with van der Waals surface area (Å²) in [6.45, 7) is 4.27. The molecule has 0 amide bonds. The van der Waals surface area contributed by atoms with Gasteiger partial charge in [0.1, 0.15) is 5.82 Å². The first-order valence-corrected chi connectivity index (χ1v) is 11.6. The van der Waals surface area contributed by atoms with E-state index in [0.29, 0.717) is 23.5 Å². The Morgan fingerprint density at radius 1 is 0.857 bits per heavy atom. The van der Waals surface area contributed by atoms with Crippen molar-refractivity contribution < 1.29 is 13.9 Å². The fourth-order valence-electron chi connectivity index (χ4n) is 3.18. The molecule has 0 aromatic heterocycles. The number of hydrogen-bond donors (Lipinski definition) is 0. The summed E-state index contributed by atoms with van der Waals surface area (Å²) >= 11 is 0. The fraction of sp³-hybridized carbons (Fsp3) is 0.296. The van der Waals surface area contributed by atoms with Gasteiger partial charge in [0.25, 0.3) is 0 Å². The van der Waals surface area contributed by atoms with E-state index in [1.54, 1.807) is 12.1 Å². The number of unbranched alkanes of at least 4 members (excludes halogenated alkanes) is 1. The molecule has 0 radical (unpaired) electrons. The van der Waals surface area contributed by atoms with Gasteiger partial charge in [-0.3, -0.25) is 0 Å². The van der Waals surface area contributed by atoms with Crippen molar-refractivity contribution in [1.82, 2.24) is 0 Å². The fourth-order valence-corrected chi connectivity index (χ4v) is 3.18. The number of carbonyl (C=O) groups excluding carboxylic acids is 1. The molecule has 0 N–H and O–H groups in total. The van der Waals surface area contributed by atoms with E-state index in [1.807, 2.05) is 69.2 Å². The summed E-state index contributed by atoms with van der Waals surface area (Å²) in [6, 6.07) is 17.4. The molecule has 35 heavy (non-hydrogen) atoms. The zero-order valence-electron chi connectivity index (χ0n) is 20.5. The van der Waals surface area contributed by atoms with Crippen LogP contribution < -0.4 is 4.90 Å². The quantitative estimate of drug-likeness (QED) is 0.168. The smallest absolute Gasteiger partial charge is 0.341 e. The number of nitrogens with zero attached hydrogens (tertiary/aromatic N) is 5. The normalized spacial score (nSPS) is 11.3. The molecule has 0 bridgehead atoms. The number of azo groups is 2. The van der Waals surface area contributed by atoms with Crippen LogP contribution in [0.1, 0.15) is 42.6 Å². The number of carbonyl (C=O) groups is 1. The molecule has 0 unspecified atom stereocenters. The molecule has 182 valence electrons. The van der Waals surface area contributed by atoms with Crippen LogP contribution in [-0.2, 0) is 11.2 Å². The number of rotatable bonds is 10. The van der Waals surface area contributed by atoms with Crippen molar-refractivity contribution >= 4 is 34.4 Å². The number of aryl methyl sites for hydroxylation is 1. The molecule has 8 heteroatoms. The van der Waals surface area contributed by atoms with Gasteiger partial charge >= 0.3 is 5.97 Å². The number of esters is 1. The van der Waals surface area contributed by atoms with Crippen LogP contribution in [0, 0.1) is 5.82 Å². The molecule has 0 saturated carbocycles. The lowest BCUT2D eigenvalue weighted by Crippen LogP contribution is -2.08. The van der Waals surface area contributed by atoms with Crippen molar-refractivity contribution in [1.29, 1.82) is 0 Å². The van der Waals surface area contributed by atoms with Crippen molar-refractivity contribution in [2.45, 2.75) is 33.1 Å². The third-order valence-corrected chi connectivity index (χ3v) is 5.27. The van der Waals surface area contributed by atoms with E-state index in [0.717, 1.165) is 29.8 Å². The predicted octanol–water partition coefficient (Wildman–Crippen LogP) is 8.24. The molecular formula is C27H30FN5O2. The van der Waals surface area contributed by atoms with Gasteiger partial charge < -0.3 is 9.64 Å². The van der Waals surface area contributed by atoms with Crippen LogP contribution in [-0.4, -0.2) is 26.7 Å². The number of benzene rings is 3. The minimum Gasteiger partial charge on any atom is -0.462 e. The summed E-state index contributed by atoms with van der Waals surface area (Å²) in [5, 5.41) is 17.0. The molecule has 7 nitrogen and oxygen atoms in total. The first-order valence-electron chi connectivity index (χ1n) is 11.6. The second kappa shape index (κ2) is 12.5. The van der Waals surface area contributed by atoms with E-state index in [9.17, 15) is 9.18 Å². The van der Waals surface area contributed by atoms with Crippen LogP contribution in [0.2, 0.25) is 0 Å². The number of ether oxygens (including phenoxy) is 1. The highest BCUT2D eigenvalue weighted by Gasteiger charge is 2.13. The third-order valence-electron chi connectivity index (χ3n) is 5.27. The molecule has 0 saturated heterocycles. The van der Waals surface area contributed by atoms with Gasteiger partial charge in [-0.25, -0.2) is 9.18 Å². The van der Waals surface area contributed by atoms with Crippen molar-refractivity contribution in [3.05, 3.63) is 77.6 Å². The van der Waals surface area contributed by atoms with E-state index < -0.39 is 11.8 Å². The molecule has 3 aromatic carbocycles. The lowest BCUT2D eigenvalue weighted by Gasteiger charge is -2.11. The Hall–Kier alpha value is -3.94. The first-order chi connectivity index (χ1) is 16.9. The van der Waals surface area contributed by atoms with E-state index in [1.165, 1.54) is 12.1 Å². The van der Waals surface area contributed by atoms with Gasteiger partial charge in [0.15, 0.2) is 0 Å². The van der Waals surface area contributed by atoms with E-state index in [4.69, 9.17) is 4.74 Å². The predicted molar refractivity (Wildman–Crippen MR) is 137 cm³/mol. The number of anilines is 1. The Kier molecular flexibility index (Phi) is 9.17. The van der Waals surface area contributed by atoms with Gasteiger partial charge in [-0.2, -0.15) is 20.5 Å². The molecular weight excluding hydrogens is 445 g/mol. The SMILES string of the molecule is CCCCOC(=O)c1ccc(N=Nc2ccc(N=Nc3ccc(N(C)C)cc3)cc2CC)cc1F. The molecule has 3 rings (SSSR count). The number of hydrogen-bond acceptors (Lipinski definition) is 7. The Bertz CT molecular complexity index is 1210. The lowest BCUT2D eigenvalue weighted by molar-refractivity contribution is 0.0494. The van der Waals surface area contributed by atoms with Crippen molar-refractivity contribution in [3.8, 4) is 0 Å². The topological polar surface area (TPSA) is 79.0 Å². The van der Waals surface area contributed by atoms with Crippen LogP contribution in [0.5, 0.6) is 0 Å². The van der Waals surface area contributed by atoms with Gasteiger partial charge in [-0.15, -0.1) is 0 Å². The molecule has 0 spiro atoms. The van der Waals surface area contributed by atoms with Gasteiger partial charge in [-0.1, -0.05) is 20.3 Å². The minimum atomic E-state index is -0.687. The molecule has 0 heterocycles. The molecule has 0 aliphatic rings. The Labute approximate surface area is 205 Å². The second-order valence-corrected chi connectivity index (χ2v) is 8.13. The average molecular weight is 476 g/mol. The van der Waals surface area contributed by atoms with Gasteiger partial charge in [-0.05, 0) is 73.0 Å². The average Bonchev–Trinajstić information content (AvgIpc) is 2.86. The Morgan fingerprint density at radius 2 is 1.49 bits per heavy atom. The monoisotopic (exact) mass is 475 g/mol. The van der Waals surface area contributed by atoms with Crippen molar-refractivity contribution in [3.63, 3.8) is 0 Å². The van der Waals surface area contributed by atoms with Crippen LogP contribution in [0.25, 0.3) is 0 Å². The standard InChI is InChI=1S/C27H30FN5O2/c1-5-7-16-35-27(34)24-14-10-22(18-25(24)28)31-32-26-15-11-21(17-19(26)6-2)30-29-20-8-12-23(13-9-20)33(3)4/h8-15,17-18H,5-7,16H2,1-4H3. The van der Waals surface area contributed by atoms with Crippen LogP contribution >= 0.6 is 0 Å². The first kappa shape index (κ1) is 25.7.